The molecule has 2 heterocycles. The topological polar surface area (TPSA) is 50.2 Å². The zero-order chi connectivity index (χ0) is 36.6. The first-order valence-electron chi connectivity index (χ1n) is 18.9. The molecule has 0 amide bonds. The van der Waals surface area contributed by atoms with E-state index in [9.17, 15) is 4.79 Å². The maximum Gasteiger partial charge on any atom is 0.155 e. The van der Waals surface area contributed by atoms with Gasteiger partial charge in [-0.3, -0.25) is 4.79 Å². The van der Waals surface area contributed by atoms with Gasteiger partial charge in [0.25, 0.3) is 0 Å². The van der Waals surface area contributed by atoms with Crippen LogP contribution in [0.4, 0.5) is 0 Å². The van der Waals surface area contributed by atoms with Gasteiger partial charge in [-0.1, -0.05) is 107 Å². The summed E-state index contributed by atoms with van der Waals surface area (Å²) in [6.45, 7) is 12.1. The van der Waals surface area contributed by atoms with Crippen LogP contribution in [0.1, 0.15) is 103 Å². The molecular formula is C48H48IrNO2S-. The number of thiophene rings is 1. The summed E-state index contributed by atoms with van der Waals surface area (Å²) in [7, 11) is 0. The Hall–Kier alpha value is -4.15. The van der Waals surface area contributed by atoms with Crippen molar-refractivity contribution in [3.63, 3.8) is 0 Å². The number of hydrogen-bond acceptors (Lipinski definition) is 4. The minimum atomic E-state index is -0.125. The summed E-state index contributed by atoms with van der Waals surface area (Å²) in [5.41, 5.74) is 9.63. The summed E-state index contributed by atoms with van der Waals surface area (Å²) in [6, 6.07) is 36.0. The average molecular weight is 895 g/mol. The van der Waals surface area contributed by atoms with E-state index in [-0.39, 0.29) is 37.1 Å². The first-order chi connectivity index (χ1) is 25.2. The van der Waals surface area contributed by atoms with Crippen LogP contribution in [0.25, 0.3) is 64.1 Å². The number of benzene rings is 5. The SMILES string of the molecule is CC(=O)/C=C(/C)O.CCCCC1(CCCC)c2ccc(C(C)C)cc2-c2cc3ccc4c(-c5[c-]ccc6c5sc5ccccc56)nccc4c3cc21.[Ir]. The van der Waals surface area contributed by atoms with Crippen LogP contribution in [0.5, 0.6) is 0 Å². The molecule has 0 aliphatic heterocycles. The molecule has 0 unspecified atom stereocenters. The molecule has 0 spiro atoms. The third-order valence-electron chi connectivity index (χ3n) is 10.8. The summed E-state index contributed by atoms with van der Waals surface area (Å²) in [6.07, 6.45) is 10.5. The summed E-state index contributed by atoms with van der Waals surface area (Å²) >= 11 is 1.85. The van der Waals surface area contributed by atoms with E-state index in [2.05, 4.69) is 119 Å². The molecular weight excluding hydrogens is 847 g/mol. The molecule has 273 valence electrons. The maximum absolute atomic E-state index is 10.0. The number of ketones is 1. The zero-order valence-electron chi connectivity index (χ0n) is 31.6. The molecule has 3 nitrogen and oxygen atoms in total. The number of nitrogens with zero attached hydrogens (tertiary/aromatic N) is 1. The second kappa shape index (κ2) is 16.1. The van der Waals surface area contributed by atoms with Gasteiger partial charge in [-0.2, -0.15) is 11.3 Å². The monoisotopic (exact) mass is 895 g/mol. The number of aromatic nitrogens is 1. The molecule has 0 saturated carbocycles. The van der Waals surface area contributed by atoms with Crippen molar-refractivity contribution < 1.29 is 30.0 Å². The van der Waals surface area contributed by atoms with Crippen LogP contribution in [0.2, 0.25) is 0 Å². The van der Waals surface area contributed by atoms with E-state index in [0.717, 1.165) is 11.3 Å². The van der Waals surface area contributed by atoms with Crippen LogP contribution in [0.15, 0.2) is 103 Å². The normalized spacial score (nSPS) is 13.2. The van der Waals surface area contributed by atoms with E-state index in [1.807, 2.05) is 17.5 Å². The second-order valence-electron chi connectivity index (χ2n) is 14.8. The van der Waals surface area contributed by atoms with Crippen molar-refractivity contribution in [3.05, 3.63) is 126 Å². The molecule has 0 saturated heterocycles. The van der Waals surface area contributed by atoms with Crippen molar-refractivity contribution in [2.45, 2.75) is 91.4 Å². The molecule has 7 aromatic rings. The molecule has 2 aromatic heterocycles. The second-order valence-corrected chi connectivity index (χ2v) is 15.8. The number of aliphatic hydroxyl groups excluding tert-OH is 1. The van der Waals surface area contributed by atoms with Crippen LogP contribution in [-0.2, 0) is 30.3 Å². The first kappa shape index (κ1) is 38.6. The summed E-state index contributed by atoms with van der Waals surface area (Å²) in [5.74, 6) is 0.449. The van der Waals surface area contributed by atoms with Gasteiger partial charge in [-0.15, -0.1) is 23.8 Å². The Bertz CT molecular complexity index is 2480. The van der Waals surface area contributed by atoms with Gasteiger partial charge in [-0.25, -0.2) is 0 Å². The third-order valence-corrected chi connectivity index (χ3v) is 12.0. The van der Waals surface area contributed by atoms with Crippen LogP contribution in [0, 0.1) is 6.07 Å². The number of rotatable bonds is 9. The Morgan fingerprint density at radius 2 is 1.57 bits per heavy atom. The van der Waals surface area contributed by atoms with Crippen LogP contribution in [0.3, 0.4) is 0 Å². The number of aliphatic hydroxyl groups is 1. The molecule has 1 aliphatic rings. The van der Waals surface area contributed by atoms with Crippen molar-refractivity contribution in [2.75, 3.05) is 0 Å². The fraction of sp³-hybridized carbons (Fsp3) is 0.292. The maximum atomic E-state index is 10.0. The third kappa shape index (κ3) is 7.12. The van der Waals surface area contributed by atoms with Crippen molar-refractivity contribution in [3.8, 4) is 22.4 Å². The van der Waals surface area contributed by atoms with Gasteiger partial charge in [0.05, 0.1) is 5.76 Å². The van der Waals surface area contributed by atoms with Crippen molar-refractivity contribution in [1.29, 1.82) is 0 Å². The van der Waals surface area contributed by atoms with Gasteiger partial charge in [0.1, 0.15) is 0 Å². The zero-order valence-corrected chi connectivity index (χ0v) is 34.8. The van der Waals surface area contributed by atoms with Crippen LogP contribution in [-0.4, -0.2) is 15.9 Å². The Balaban J connectivity index is 0.000000549. The Morgan fingerprint density at radius 3 is 2.25 bits per heavy atom. The minimum Gasteiger partial charge on any atom is -0.512 e. The molecule has 5 heteroatoms. The van der Waals surface area contributed by atoms with Gasteiger partial charge in [-0.05, 0) is 122 Å². The van der Waals surface area contributed by atoms with E-state index in [1.54, 1.807) is 5.56 Å². The van der Waals surface area contributed by atoms with Gasteiger partial charge in [0.2, 0.25) is 0 Å². The fourth-order valence-corrected chi connectivity index (χ4v) is 9.54. The molecule has 1 N–H and O–H groups in total. The van der Waals surface area contributed by atoms with E-state index in [1.165, 1.54) is 122 Å². The van der Waals surface area contributed by atoms with E-state index in [4.69, 9.17) is 10.1 Å². The number of hydrogen-bond donors (Lipinski definition) is 1. The number of carbonyl (C=O) groups excluding carboxylic acids is 1. The van der Waals surface area contributed by atoms with Crippen molar-refractivity contribution in [1.82, 2.24) is 4.98 Å². The molecule has 0 bridgehead atoms. The van der Waals surface area contributed by atoms with Crippen LogP contribution < -0.4 is 0 Å². The summed E-state index contributed by atoms with van der Waals surface area (Å²) in [4.78, 5) is 15.0. The standard InChI is InChI=1S/C43H40NS.C5H8O2.Ir/c1-5-7-21-43(22-8-6-2)38-19-17-28(27(3)4)24-36(38)37-25-29-16-18-32-30(35(29)26-39(37)43)20-23-44-41(32)34-14-11-13-33-31-12-9-10-15-40(31)45-42(33)34;1-4(6)3-5(2)7;/h9-13,15-20,23-27H,5-8,21-22H2,1-4H3;3,6H,1-2H3;/q-1;;/b;4-3-;. The fourth-order valence-electron chi connectivity index (χ4n) is 8.34. The van der Waals surface area contributed by atoms with Crippen molar-refractivity contribution in [2.24, 2.45) is 0 Å². The molecule has 0 atom stereocenters. The summed E-state index contributed by atoms with van der Waals surface area (Å²) in [5, 5.41) is 16.1. The Labute approximate surface area is 331 Å². The van der Waals surface area contributed by atoms with E-state index in [0.29, 0.717) is 5.92 Å². The number of fused-ring (bicyclic) bond motifs is 9. The number of allylic oxidation sites excluding steroid dienone is 2. The van der Waals surface area contributed by atoms with E-state index >= 15 is 0 Å². The van der Waals surface area contributed by atoms with Crippen molar-refractivity contribution >= 4 is 58.8 Å². The quantitative estimate of drug-likeness (QED) is 0.0680. The van der Waals surface area contributed by atoms with Gasteiger partial charge in [0, 0.05) is 42.5 Å². The smallest absolute Gasteiger partial charge is 0.155 e. The molecule has 0 fully saturated rings. The summed E-state index contributed by atoms with van der Waals surface area (Å²) < 4.78 is 2.58. The minimum absolute atomic E-state index is 0. The molecule has 1 radical (unpaired) electrons. The van der Waals surface area contributed by atoms with Gasteiger partial charge >= 0.3 is 0 Å². The van der Waals surface area contributed by atoms with E-state index < -0.39 is 0 Å². The molecule has 8 rings (SSSR count). The van der Waals surface area contributed by atoms with Gasteiger partial charge in [0.15, 0.2) is 5.78 Å². The number of unbranched alkanes of at least 4 members (excludes halogenated alkanes) is 2. The predicted octanol–water partition coefficient (Wildman–Crippen LogP) is 14.0. The average Bonchev–Trinajstić information content (AvgIpc) is 3.64. The Morgan fingerprint density at radius 1 is 0.830 bits per heavy atom. The number of carbonyl (C=O) groups is 1. The predicted molar refractivity (Wildman–Crippen MR) is 223 cm³/mol. The molecule has 5 aromatic carbocycles. The number of pyridine rings is 1. The molecule has 1 aliphatic carbocycles. The molecule has 53 heavy (non-hydrogen) atoms. The Kier molecular flexibility index (Phi) is 11.7. The van der Waals surface area contributed by atoms with Crippen LogP contribution >= 0.6 is 11.3 Å². The van der Waals surface area contributed by atoms with Gasteiger partial charge < -0.3 is 10.1 Å². The first-order valence-corrected chi connectivity index (χ1v) is 19.7. The largest absolute Gasteiger partial charge is 0.512 e.